The number of halogens is 1. The second-order valence-electron chi connectivity index (χ2n) is 8.25. The first kappa shape index (κ1) is 21.9. The number of fused-ring (bicyclic) bond motifs is 1. The number of amides is 1. The number of rotatable bonds is 6. The summed E-state index contributed by atoms with van der Waals surface area (Å²) in [5.41, 5.74) is -0.815. The fourth-order valence-electron chi connectivity index (χ4n) is 3.60. The van der Waals surface area contributed by atoms with Gasteiger partial charge in [-0.25, -0.2) is 9.37 Å². The second kappa shape index (κ2) is 8.53. The average molecular weight is 417 g/mol. The number of aromatic hydroxyl groups is 1. The fourth-order valence-corrected chi connectivity index (χ4v) is 3.60. The van der Waals surface area contributed by atoms with Crippen LogP contribution in [0.15, 0.2) is 29.1 Å². The molecule has 2 N–H and O–H groups in total. The van der Waals surface area contributed by atoms with Gasteiger partial charge in [-0.05, 0) is 45.6 Å². The highest BCUT2D eigenvalue weighted by Gasteiger charge is 2.38. The van der Waals surface area contributed by atoms with Gasteiger partial charge in [0.2, 0.25) is 5.75 Å². The van der Waals surface area contributed by atoms with Gasteiger partial charge in [-0.1, -0.05) is 12.1 Å². The molecule has 0 radical (unpaired) electrons. The molecule has 2 aromatic rings. The molecule has 0 saturated carbocycles. The molecule has 0 saturated heterocycles. The van der Waals surface area contributed by atoms with Crippen LogP contribution in [0.1, 0.15) is 35.7 Å². The molecule has 1 aromatic carbocycles. The number of nitrogens with zero attached hydrogens (tertiary/aromatic N) is 4. The smallest absolute Gasteiger partial charge is 0.296 e. The zero-order valence-electron chi connectivity index (χ0n) is 17.8. The SMILES string of the molecule is CN(C)CCN1CCn2c(nc(C(=O)NCc3ccc(F)cc3)c(O)c2=O)C1(C)C. The zero-order chi connectivity index (χ0) is 22.1. The van der Waals surface area contributed by atoms with Crippen LogP contribution >= 0.6 is 0 Å². The molecule has 0 aliphatic carbocycles. The van der Waals surface area contributed by atoms with Gasteiger partial charge in [-0.2, -0.15) is 0 Å². The molecule has 1 aromatic heterocycles. The summed E-state index contributed by atoms with van der Waals surface area (Å²) in [5.74, 6) is -1.23. The Morgan fingerprint density at radius 2 is 1.93 bits per heavy atom. The number of hydrogen-bond acceptors (Lipinski definition) is 6. The van der Waals surface area contributed by atoms with Crippen molar-refractivity contribution in [3.8, 4) is 5.75 Å². The molecule has 9 heteroatoms. The molecule has 8 nitrogen and oxygen atoms in total. The van der Waals surface area contributed by atoms with E-state index in [2.05, 4.69) is 20.1 Å². The maximum absolute atomic E-state index is 13.0. The van der Waals surface area contributed by atoms with Crippen molar-refractivity contribution in [2.75, 3.05) is 33.7 Å². The van der Waals surface area contributed by atoms with Crippen LogP contribution < -0.4 is 10.9 Å². The van der Waals surface area contributed by atoms with Gasteiger partial charge in [0.15, 0.2) is 5.69 Å². The van der Waals surface area contributed by atoms with Crippen LogP contribution in [-0.4, -0.2) is 64.1 Å². The first-order valence-corrected chi connectivity index (χ1v) is 9.88. The Hall–Kier alpha value is -2.78. The third kappa shape index (κ3) is 4.36. The van der Waals surface area contributed by atoms with Gasteiger partial charge in [0, 0.05) is 32.7 Å². The van der Waals surface area contributed by atoms with Gasteiger partial charge in [0.25, 0.3) is 11.5 Å². The monoisotopic (exact) mass is 417 g/mol. The van der Waals surface area contributed by atoms with Crippen molar-refractivity contribution in [2.24, 2.45) is 0 Å². The first-order valence-electron chi connectivity index (χ1n) is 9.88. The minimum absolute atomic E-state index is 0.122. The molecule has 0 fully saturated rings. The standard InChI is InChI=1S/C21H28FN5O3/c1-21(2)20-24-16(18(29)23-13-14-5-7-15(22)8-6-14)17(28)19(30)27(20)12-11-26(21)10-9-25(3)4/h5-8,28H,9-13H2,1-4H3,(H,23,29). The molecule has 0 atom stereocenters. The highest BCUT2D eigenvalue weighted by molar-refractivity contribution is 5.94. The van der Waals surface area contributed by atoms with E-state index in [1.165, 1.54) is 16.7 Å². The Morgan fingerprint density at radius 1 is 1.27 bits per heavy atom. The van der Waals surface area contributed by atoms with Crippen LogP contribution in [-0.2, 0) is 18.6 Å². The number of hydrogen-bond donors (Lipinski definition) is 2. The maximum atomic E-state index is 13.0. The number of nitrogens with one attached hydrogen (secondary N) is 1. The second-order valence-corrected chi connectivity index (χ2v) is 8.25. The molecule has 1 amide bonds. The summed E-state index contributed by atoms with van der Waals surface area (Å²) in [4.78, 5) is 34.1. The summed E-state index contributed by atoms with van der Waals surface area (Å²) in [5, 5.41) is 13.0. The van der Waals surface area contributed by atoms with Gasteiger partial charge in [-0.15, -0.1) is 0 Å². The van der Waals surface area contributed by atoms with E-state index in [1.807, 2.05) is 27.9 Å². The quantitative estimate of drug-likeness (QED) is 0.732. The Kier molecular flexibility index (Phi) is 6.23. The molecular weight excluding hydrogens is 389 g/mol. The van der Waals surface area contributed by atoms with Crippen molar-refractivity contribution in [2.45, 2.75) is 32.5 Å². The van der Waals surface area contributed by atoms with Crippen LogP contribution in [0, 0.1) is 5.82 Å². The highest BCUT2D eigenvalue weighted by atomic mass is 19.1. The average Bonchev–Trinajstić information content (AvgIpc) is 2.69. The molecule has 30 heavy (non-hydrogen) atoms. The van der Waals surface area contributed by atoms with Gasteiger partial charge in [0.05, 0.1) is 5.54 Å². The van der Waals surface area contributed by atoms with E-state index in [0.29, 0.717) is 24.5 Å². The van der Waals surface area contributed by atoms with E-state index >= 15 is 0 Å². The third-order valence-corrected chi connectivity index (χ3v) is 5.48. The lowest BCUT2D eigenvalue weighted by Gasteiger charge is -2.43. The summed E-state index contributed by atoms with van der Waals surface area (Å²) in [6.45, 7) is 6.69. The Balaban J connectivity index is 1.87. The van der Waals surface area contributed by atoms with Gasteiger partial charge >= 0.3 is 0 Å². The van der Waals surface area contributed by atoms with Crippen molar-refractivity contribution in [1.82, 2.24) is 24.7 Å². The van der Waals surface area contributed by atoms with Gasteiger partial charge in [0.1, 0.15) is 11.6 Å². The summed E-state index contributed by atoms with van der Waals surface area (Å²) in [7, 11) is 3.99. The largest absolute Gasteiger partial charge is 0.501 e. The molecule has 0 unspecified atom stereocenters. The summed E-state index contributed by atoms with van der Waals surface area (Å²) in [6.07, 6.45) is 0. The number of likely N-dealkylation sites (N-methyl/N-ethyl adjacent to an activating group) is 1. The van der Waals surface area contributed by atoms with Crippen LogP contribution in [0.25, 0.3) is 0 Å². The molecule has 0 bridgehead atoms. The van der Waals surface area contributed by atoms with E-state index in [9.17, 15) is 19.1 Å². The molecular formula is C21H28FN5O3. The maximum Gasteiger partial charge on any atom is 0.296 e. The van der Waals surface area contributed by atoms with Crippen LogP contribution in [0.2, 0.25) is 0 Å². The minimum Gasteiger partial charge on any atom is -0.501 e. The lowest BCUT2D eigenvalue weighted by molar-refractivity contribution is 0.0662. The van der Waals surface area contributed by atoms with Crippen molar-refractivity contribution >= 4 is 5.91 Å². The first-order chi connectivity index (χ1) is 14.1. The van der Waals surface area contributed by atoms with E-state index in [-0.39, 0.29) is 18.1 Å². The molecule has 0 spiro atoms. The Bertz CT molecular complexity index is 985. The van der Waals surface area contributed by atoms with Crippen LogP contribution in [0.3, 0.4) is 0 Å². The topological polar surface area (TPSA) is 90.7 Å². The fraction of sp³-hybridized carbons (Fsp3) is 0.476. The van der Waals surface area contributed by atoms with E-state index in [1.54, 1.807) is 12.1 Å². The third-order valence-electron chi connectivity index (χ3n) is 5.48. The van der Waals surface area contributed by atoms with Crippen molar-refractivity contribution < 1.29 is 14.3 Å². The predicted molar refractivity (Wildman–Crippen MR) is 111 cm³/mol. The lowest BCUT2D eigenvalue weighted by atomic mass is 9.98. The predicted octanol–water partition coefficient (Wildman–Crippen LogP) is 1.13. The number of carbonyl (C=O) groups excluding carboxylic acids is 1. The number of aromatic nitrogens is 2. The van der Waals surface area contributed by atoms with E-state index in [4.69, 9.17) is 0 Å². The van der Waals surface area contributed by atoms with E-state index < -0.39 is 22.8 Å². The molecule has 1 aliphatic heterocycles. The van der Waals surface area contributed by atoms with Crippen LogP contribution in [0.4, 0.5) is 4.39 Å². The molecule has 2 heterocycles. The number of carbonyl (C=O) groups is 1. The minimum atomic E-state index is -0.659. The number of benzene rings is 1. The zero-order valence-corrected chi connectivity index (χ0v) is 17.8. The highest BCUT2D eigenvalue weighted by Crippen LogP contribution is 2.30. The summed E-state index contributed by atoms with van der Waals surface area (Å²) < 4.78 is 14.5. The lowest BCUT2D eigenvalue weighted by Crippen LogP contribution is -2.54. The molecule has 1 aliphatic rings. The van der Waals surface area contributed by atoms with E-state index in [0.717, 1.165) is 13.1 Å². The van der Waals surface area contributed by atoms with Crippen molar-refractivity contribution in [3.63, 3.8) is 0 Å². The Morgan fingerprint density at radius 3 is 2.57 bits per heavy atom. The summed E-state index contributed by atoms with van der Waals surface area (Å²) in [6, 6.07) is 5.70. The van der Waals surface area contributed by atoms with Crippen LogP contribution in [0.5, 0.6) is 5.75 Å². The summed E-state index contributed by atoms with van der Waals surface area (Å²) >= 11 is 0. The van der Waals surface area contributed by atoms with Crippen molar-refractivity contribution in [3.05, 3.63) is 57.5 Å². The van der Waals surface area contributed by atoms with Crippen molar-refractivity contribution in [1.29, 1.82) is 0 Å². The molecule has 162 valence electrons. The van der Waals surface area contributed by atoms with Gasteiger partial charge in [-0.3, -0.25) is 19.1 Å². The molecule has 3 rings (SSSR count). The normalized spacial score (nSPS) is 15.8. The van der Waals surface area contributed by atoms with Gasteiger partial charge < -0.3 is 15.3 Å². The Labute approximate surface area is 174 Å².